The Labute approximate surface area is 107 Å². The van der Waals surface area contributed by atoms with Crippen LogP contribution in [0.15, 0.2) is 27.7 Å². The molecule has 5 nitrogen and oxygen atoms in total. The highest BCUT2D eigenvalue weighted by atomic mass is 79.9. The molecule has 0 N–H and O–H groups in total. The van der Waals surface area contributed by atoms with E-state index in [9.17, 15) is 14.9 Å². The third-order valence-corrected chi connectivity index (χ3v) is 2.89. The van der Waals surface area contributed by atoms with E-state index in [1.54, 1.807) is 25.1 Å². The molecular formula is C11H11BrN2O3. The zero-order chi connectivity index (χ0) is 13.0. The average molecular weight is 299 g/mol. The normalized spacial score (nSPS) is 11.4. The molecule has 0 saturated heterocycles. The molecule has 0 saturated carbocycles. The number of nitro benzene ring substituents is 1. The van der Waals surface area contributed by atoms with Gasteiger partial charge in [-0.15, -0.1) is 0 Å². The van der Waals surface area contributed by atoms with Gasteiger partial charge in [0.25, 0.3) is 5.69 Å². The number of rotatable bonds is 4. The number of benzene rings is 1. The van der Waals surface area contributed by atoms with E-state index in [1.807, 2.05) is 0 Å². The minimum atomic E-state index is -0.460. The van der Waals surface area contributed by atoms with Gasteiger partial charge in [0.2, 0.25) is 0 Å². The lowest BCUT2D eigenvalue weighted by Crippen LogP contribution is -2.05. The standard InChI is InChI=1S/C11H11BrN2O3/c1-7(8(2)15)13-6-9-4-3-5-10(12)11(9)14(16)17/h3-5H,6H2,1-2H3. The number of aliphatic imine (C=N–C) groups is 1. The summed E-state index contributed by atoms with van der Waals surface area (Å²) in [7, 11) is 0. The van der Waals surface area contributed by atoms with E-state index >= 15 is 0 Å². The quantitative estimate of drug-likeness (QED) is 0.487. The second-order valence-electron chi connectivity index (χ2n) is 3.46. The van der Waals surface area contributed by atoms with Crippen molar-refractivity contribution < 1.29 is 9.72 Å². The molecule has 0 aromatic heterocycles. The van der Waals surface area contributed by atoms with Crippen LogP contribution in [0.2, 0.25) is 0 Å². The maximum Gasteiger partial charge on any atom is 0.288 e. The minimum Gasteiger partial charge on any atom is -0.293 e. The molecule has 0 heterocycles. The second-order valence-corrected chi connectivity index (χ2v) is 4.32. The molecule has 1 rings (SSSR count). The number of para-hydroxylation sites is 1. The molecular weight excluding hydrogens is 288 g/mol. The van der Waals surface area contributed by atoms with Gasteiger partial charge in [0, 0.05) is 6.92 Å². The Balaban J connectivity index is 3.07. The molecule has 0 aliphatic heterocycles. The van der Waals surface area contributed by atoms with Gasteiger partial charge >= 0.3 is 0 Å². The highest BCUT2D eigenvalue weighted by Crippen LogP contribution is 2.29. The van der Waals surface area contributed by atoms with Gasteiger partial charge in [0.15, 0.2) is 5.78 Å². The van der Waals surface area contributed by atoms with Crippen LogP contribution in [0.5, 0.6) is 0 Å². The van der Waals surface area contributed by atoms with Crippen molar-refractivity contribution in [2.75, 3.05) is 0 Å². The summed E-state index contributed by atoms with van der Waals surface area (Å²) in [5, 5.41) is 10.9. The molecule has 1 aromatic rings. The van der Waals surface area contributed by atoms with Crippen LogP contribution in [0.25, 0.3) is 0 Å². The molecule has 0 amide bonds. The molecule has 6 heteroatoms. The molecule has 0 spiro atoms. The molecule has 90 valence electrons. The summed E-state index contributed by atoms with van der Waals surface area (Å²) in [6.45, 7) is 3.13. The summed E-state index contributed by atoms with van der Waals surface area (Å²) in [6.07, 6.45) is 0. The highest BCUT2D eigenvalue weighted by molar-refractivity contribution is 9.10. The summed E-state index contributed by atoms with van der Waals surface area (Å²) >= 11 is 3.13. The number of ketones is 1. The molecule has 0 atom stereocenters. The minimum absolute atomic E-state index is 0.00685. The van der Waals surface area contributed by atoms with Crippen molar-refractivity contribution in [3.05, 3.63) is 38.3 Å². The van der Waals surface area contributed by atoms with Crippen molar-refractivity contribution in [1.29, 1.82) is 0 Å². The van der Waals surface area contributed by atoms with Crippen LogP contribution in [0.4, 0.5) is 5.69 Å². The third-order valence-electron chi connectivity index (χ3n) is 2.25. The number of hydrogen-bond acceptors (Lipinski definition) is 4. The van der Waals surface area contributed by atoms with Gasteiger partial charge in [0.1, 0.15) is 0 Å². The Morgan fingerprint density at radius 3 is 2.65 bits per heavy atom. The maximum absolute atomic E-state index is 11.0. The van der Waals surface area contributed by atoms with E-state index in [0.29, 0.717) is 15.7 Å². The first-order valence-corrected chi connectivity index (χ1v) is 5.66. The first-order valence-electron chi connectivity index (χ1n) is 4.87. The SMILES string of the molecule is CC(=O)C(C)=NCc1cccc(Br)c1[N+](=O)[O-]. The van der Waals surface area contributed by atoms with Crippen LogP contribution >= 0.6 is 15.9 Å². The predicted octanol–water partition coefficient (Wildman–Crippen LogP) is 2.91. The number of carbonyl (C=O) groups excluding carboxylic acids is 1. The number of nitro groups is 1. The Hall–Kier alpha value is -1.56. The lowest BCUT2D eigenvalue weighted by molar-refractivity contribution is -0.386. The van der Waals surface area contributed by atoms with E-state index in [1.165, 1.54) is 6.92 Å². The Bertz CT molecular complexity index is 497. The Morgan fingerprint density at radius 2 is 2.12 bits per heavy atom. The fourth-order valence-corrected chi connectivity index (χ4v) is 1.76. The monoisotopic (exact) mass is 298 g/mol. The molecule has 1 aromatic carbocycles. The average Bonchev–Trinajstić information content (AvgIpc) is 2.24. The number of hydrogen-bond donors (Lipinski definition) is 0. The zero-order valence-electron chi connectivity index (χ0n) is 9.44. The van der Waals surface area contributed by atoms with Crippen LogP contribution in [-0.2, 0) is 11.3 Å². The van der Waals surface area contributed by atoms with Crippen molar-refractivity contribution in [1.82, 2.24) is 0 Å². The van der Waals surface area contributed by atoms with Crippen molar-refractivity contribution >= 4 is 33.1 Å². The van der Waals surface area contributed by atoms with Crippen LogP contribution < -0.4 is 0 Å². The molecule has 0 unspecified atom stereocenters. The lowest BCUT2D eigenvalue weighted by Gasteiger charge is -2.02. The summed E-state index contributed by atoms with van der Waals surface area (Å²) < 4.78 is 0.413. The van der Waals surface area contributed by atoms with Gasteiger partial charge in [-0.2, -0.15) is 0 Å². The molecule has 0 aliphatic rings. The molecule has 0 bridgehead atoms. The number of carbonyl (C=O) groups is 1. The maximum atomic E-state index is 11.0. The Morgan fingerprint density at radius 1 is 1.47 bits per heavy atom. The summed E-state index contributed by atoms with van der Waals surface area (Å²) in [5.41, 5.74) is 0.830. The van der Waals surface area contributed by atoms with E-state index in [4.69, 9.17) is 0 Å². The first kappa shape index (κ1) is 13.5. The predicted molar refractivity (Wildman–Crippen MR) is 68.3 cm³/mol. The molecule has 17 heavy (non-hydrogen) atoms. The lowest BCUT2D eigenvalue weighted by atomic mass is 10.2. The number of halogens is 1. The van der Waals surface area contributed by atoms with Gasteiger partial charge in [-0.25, -0.2) is 0 Å². The number of Topliss-reactive ketones (excluding diaryl/α,β-unsaturated/α-hetero) is 1. The largest absolute Gasteiger partial charge is 0.293 e. The smallest absolute Gasteiger partial charge is 0.288 e. The van der Waals surface area contributed by atoms with Crippen LogP contribution in [-0.4, -0.2) is 16.4 Å². The van der Waals surface area contributed by atoms with Gasteiger partial charge in [0.05, 0.1) is 27.2 Å². The molecule has 0 aliphatic carbocycles. The van der Waals surface area contributed by atoms with E-state index in [-0.39, 0.29) is 18.0 Å². The van der Waals surface area contributed by atoms with E-state index in [0.717, 1.165) is 0 Å². The van der Waals surface area contributed by atoms with Gasteiger partial charge in [-0.1, -0.05) is 12.1 Å². The molecule has 0 fully saturated rings. The molecule has 0 radical (unpaired) electrons. The number of nitrogens with zero attached hydrogens (tertiary/aromatic N) is 2. The van der Waals surface area contributed by atoms with Gasteiger partial charge in [-0.3, -0.25) is 19.9 Å². The van der Waals surface area contributed by atoms with Gasteiger partial charge in [-0.05, 0) is 28.9 Å². The fraction of sp³-hybridized carbons (Fsp3) is 0.273. The van der Waals surface area contributed by atoms with Gasteiger partial charge < -0.3 is 0 Å². The van der Waals surface area contributed by atoms with E-state index in [2.05, 4.69) is 20.9 Å². The van der Waals surface area contributed by atoms with Crippen molar-refractivity contribution in [2.45, 2.75) is 20.4 Å². The second kappa shape index (κ2) is 5.67. The van der Waals surface area contributed by atoms with Crippen molar-refractivity contribution in [3.63, 3.8) is 0 Å². The topological polar surface area (TPSA) is 72.6 Å². The zero-order valence-corrected chi connectivity index (χ0v) is 11.0. The van der Waals surface area contributed by atoms with Crippen LogP contribution in [0.1, 0.15) is 19.4 Å². The Kier molecular flexibility index (Phi) is 4.51. The summed E-state index contributed by atoms with van der Waals surface area (Å²) in [5.74, 6) is -0.136. The first-order chi connectivity index (χ1) is 7.93. The summed E-state index contributed by atoms with van der Waals surface area (Å²) in [6, 6.07) is 4.92. The summed E-state index contributed by atoms with van der Waals surface area (Å²) in [4.78, 5) is 25.4. The van der Waals surface area contributed by atoms with Crippen molar-refractivity contribution in [3.8, 4) is 0 Å². The van der Waals surface area contributed by atoms with Crippen LogP contribution in [0, 0.1) is 10.1 Å². The van der Waals surface area contributed by atoms with E-state index < -0.39 is 4.92 Å². The van der Waals surface area contributed by atoms with Crippen LogP contribution in [0.3, 0.4) is 0 Å². The van der Waals surface area contributed by atoms with Crippen molar-refractivity contribution in [2.24, 2.45) is 4.99 Å². The fourth-order valence-electron chi connectivity index (χ4n) is 1.21. The highest BCUT2D eigenvalue weighted by Gasteiger charge is 2.17. The third kappa shape index (κ3) is 3.45.